The van der Waals surface area contributed by atoms with E-state index in [0.717, 1.165) is 25.9 Å². The van der Waals surface area contributed by atoms with Gasteiger partial charge >= 0.3 is 0 Å². The Balaban J connectivity index is 1.95. The van der Waals surface area contributed by atoms with Gasteiger partial charge in [-0.15, -0.1) is 0 Å². The Morgan fingerprint density at radius 1 is 1.50 bits per heavy atom. The lowest BCUT2D eigenvalue weighted by atomic mass is 9.98. The molecular formula is C14H26N4O2. The molecule has 0 saturated carbocycles. The molecule has 1 fully saturated rings. The second kappa shape index (κ2) is 7.17. The first kappa shape index (κ1) is 15.4. The van der Waals surface area contributed by atoms with Crippen molar-refractivity contribution in [1.29, 1.82) is 0 Å². The molecule has 1 aromatic heterocycles. The lowest BCUT2D eigenvalue weighted by molar-refractivity contribution is -0.0172. The third kappa shape index (κ3) is 3.79. The minimum atomic E-state index is 0.0640. The van der Waals surface area contributed by atoms with Crippen molar-refractivity contribution >= 4 is 0 Å². The fourth-order valence-electron chi connectivity index (χ4n) is 2.98. The van der Waals surface area contributed by atoms with Gasteiger partial charge in [-0.2, -0.15) is 5.10 Å². The summed E-state index contributed by atoms with van der Waals surface area (Å²) in [6.07, 6.45) is 6.19. The molecule has 20 heavy (non-hydrogen) atoms. The maximum absolute atomic E-state index is 8.80. The van der Waals surface area contributed by atoms with Crippen LogP contribution in [0, 0.1) is 0 Å². The van der Waals surface area contributed by atoms with Crippen LogP contribution < -0.4 is 5.73 Å². The van der Waals surface area contributed by atoms with Gasteiger partial charge in [0.2, 0.25) is 0 Å². The highest BCUT2D eigenvalue weighted by Gasteiger charge is 2.29. The lowest BCUT2D eigenvalue weighted by Crippen LogP contribution is -2.45. The van der Waals surface area contributed by atoms with E-state index in [1.54, 1.807) is 0 Å². The first-order chi connectivity index (χ1) is 9.61. The lowest BCUT2D eigenvalue weighted by Gasteiger charge is -2.38. The fraction of sp³-hybridized carbons (Fsp3) is 0.786. The van der Waals surface area contributed by atoms with Crippen LogP contribution in [0.5, 0.6) is 0 Å². The molecule has 0 bridgehead atoms. The fourth-order valence-corrected chi connectivity index (χ4v) is 2.98. The molecule has 0 aliphatic carbocycles. The normalized spacial score (nSPS) is 21.0. The van der Waals surface area contributed by atoms with Crippen molar-refractivity contribution in [3.05, 3.63) is 18.0 Å². The Morgan fingerprint density at radius 3 is 2.70 bits per heavy atom. The smallest absolute Gasteiger partial charge is 0.0701 e. The molecule has 2 unspecified atom stereocenters. The number of rotatable bonds is 6. The van der Waals surface area contributed by atoms with Gasteiger partial charge in [-0.1, -0.05) is 0 Å². The van der Waals surface area contributed by atoms with Gasteiger partial charge in [0.05, 0.1) is 31.6 Å². The highest BCUT2D eigenvalue weighted by molar-refractivity contribution is 5.13. The third-order valence-corrected chi connectivity index (χ3v) is 3.88. The molecule has 1 aliphatic heterocycles. The predicted molar refractivity (Wildman–Crippen MR) is 77.2 cm³/mol. The number of hydrogen-bond acceptors (Lipinski definition) is 5. The summed E-state index contributed by atoms with van der Waals surface area (Å²) in [4.78, 5) is 2.42. The molecule has 1 aliphatic rings. The number of nitrogens with zero attached hydrogens (tertiary/aromatic N) is 3. The van der Waals surface area contributed by atoms with Gasteiger partial charge < -0.3 is 15.6 Å². The molecule has 1 aromatic rings. The Hall–Kier alpha value is -0.950. The highest BCUT2D eigenvalue weighted by atomic mass is 16.5. The standard InChI is InChI=1S/C14H26N4O2/c1-11(15)14(12-9-16-17(2)10-12)18-5-3-13(4-6-18)20-8-7-19/h9-11,13-14,19H,3-8,15H2,1-2H3. The number of ether oxygens (including phenoxy) is 1. The maximum Gasteiger partial charge on any atom is 0.0701 e. The van der Waals surface area contributed by atoms with Crippen LogP contribution in [0.4, 0.5) is 0 Å². The van der Waals surface area contributed by atoms with Crippen LogP contribution in [0.1, 0.15) is 31.4 Å². The van der Waals surface area contributed by atoms with Crippen LogP contribution in [0.3, 0.4) is 0 Å². The zero-order chi connectivity index (χ0) is 14.5. The number of hydrogen-bond donors (Lipinski definition) is 2. The molecule has 0 amide bonds. The Bertz CT molecular complexity index is 400. The predicted octanol–water partition coefficient (Wildman–Crippen LogP) is 0.282. The molecule has 2 atom stereocenters. The Labute approximate surface area is 120 Å². The van der Waals surface area contributed by atoms with Crippen molar-refractivity contribution in [1.82, 2.24) is 14.7 Å². The van der Waals surface area contributed by atoms with Gasteiger partial charge in [0.1, 0.15) is 0 Å². The molecule has 0 radical (unpaired) electrons. The second-order valence-electron chi connectivity index (χ2n) is 5.58. The average Bonchev–Trinajstić information content (AvgIpc) is 2.84. The average molecular weight is 282 g/mol. The summed E-state index contributed by atoms with van der Waals surface area (Å²) < 4.78 is 7.43. The number of aromatic nitrogens is 2. The first-order valence-corrected chi connectivity index (χ1v) is 7.32. The Morgan fingerprint density at radius 2 is 2.20 bits per heavy atom. The minimum absolute atomic E-state index is 0.0640. The van der Waals surface area contributed by atoms with E-state index in [9.17, 15) is 0 Å². The number of likely N-dealkylation sites (tertiary alicyclic amines) is 1. The van der Waals surface area contributed by atoms with Crippen LogP contribution in [0.15, 0.2) is 12.4 Å². The monoisotopic (exact) mass is 282 g/mol. The van der Waals surface area contributed by atoms with Crippen LogP contribution in [0.2, 0.25) is 0 Å². The zero-order valence-corrected chi connectivity index (χ0v) is 12.4. The molecule has 1 saturated heterocycles. The topological polar surface area (TPSA) is 76.5 Å². The summed E-state index contributed by atoms with van der Waals surface area (Å²) in [7, 11) is 1.93. The summed E-state index contributed by atoms with van der Waals surface area (Å²) in [6.45, 7) is 4.52. The summed E-state index contributed by atoms with van der Waals surface area (Å²) in [5.41, 5.74) is 7.36. The second-order valence-corrected chi connectivity index (χ2v) is 5.58. The molecule has 114 valence electrons. The molecular weight excluding hydrogens is 256 g/mol. The van der Waals surface area contributed by atoms with Crippen molar-refractivity contribution in [3.63, 3.8) is 0 Å². The SMILES string of the molecule is CC(N)C(c1cnn(C)c1)N1CCC(OCCO)CC1. The summed E-state index contributed by atoms with van der Waals surface area (Å²) in [5.74, 6) is 0. The summed E-state index contributed by atoms with van der Waals surface area (Å²) >= 11 is 0. The van der Waals surface area contributed by atoms with Gasteiger partial charge in [0.15, 0.2) is 0 Å². The molecule has 3 N–H and O–H groups in total. The number of aryl methyl sites for hydroxylation is 1. The van der Waals surface area contributed by atoms with Crippen LogP contribution in [-0.4, -0.2) is 58.2 Å². The molecule has 2 rings (SSSR count). The van der Waals surface area contributed by atoms with Crippen LogP contribution in [-0.2, 0) is 11.8 Å². The van der Waals surface area contributed by atoms with Crippen molar-refractivity contribution in [2.45, 2.75) is 38.0 Å². The number of nitrogens with two attached hydrogens (primary N) is 1. The first-order valence-electron chi connectivity index (χ1n) is 7.32. The van der Waals surface area contributed by atoms with Gasteiger partial charge in [0.25, 0.3) is 0 Å². The van der Waals surface area contributed by atoms with E-state index in [1.165, 1.54) is 5.56 Å². The van der Waals surface area contributed by atoms with E-state index in [2.05, 4.69) is 10.00 Å². The largest absolute Gasteiger partial charge is 0.394 e. The minimum Gasteiger partial charge on any atom is -0.394 e. The van der Waals surface area contributed by atoms with Crippen molar-refractivity contribution in [2.75, 3.05) is 26.3 Å². The highest BCUT2D eigenvalue weighted by Crippen LogP contribution is 2.27. The third-order valence-electron chi connectivity index (χ3n) is 3.88. The van der Waals surface area contributed by atoms with Crippen molar-refractivity contribution < 1.29 is 9.84 Å². The van der Waals surface area contributed by atoms with Gasteiger partial charge in [-0.3, -0.25) is 9.58 Å². The van der Waals surface area contributed by atoms with Gasteiger partial charge in [-0.05, 0) is 19.8 Å². The summed E-state index contributed by atoms with van der Waals surface area (Å²) in [6, 6.07) is 0.275. The van der Waals surface area contributed by atoms with E-state index in [-0.39, 0.29) is 24.8 Å². The molecule has 0 aromatic carbocycles. The van der Waals surface area contributed by atoms with Gasteiger partial charge in [0, 0.05) is 37.9 Å². The van der Waals surface area contributed by atoms with E-state index in [0.29, 0.717) is 6.61 Å². The number of aliphatic hydroxyl groups excluding tert-OH is 1. The van der Waals surface area contributed by atoms with Crippen molar-refractivity contribution in [2.24, 2.45) is 12.8 Å². The van der Waals surface area contributed by atoms with E-state index in [4.69, 9.17) is 15.6 Å². The molecule has 6 heteroatoms. The summed E-state index contributed by atoms with van der Waals surface area (Å²) in [5, 5.41) is 13.1. The van der Waals surface area contributed by atoms with Crippen molar-refractivity contribution in [3.8, 4) is 0 Å². The number of piperidine rings is 1. The van der Waals surface area contributed by atoms with E-state index < -0.39 is 0 Å². The molecule has 6 nitrogen and oxygen atoms in total. The molecule has 2 heterocycles. The van der Waals surface area contributed by atoms with Gasteiger partial charge in [-0.25, -0.2) is 0 Å². The van der Waals surface area contributed by atoms with Crippen LogP contribution >= 0.6 is 0 Å². The quantitative estimate of drug-likeness (QED) is 0.784. The van der Waals surface area contributed by atoms with E-state index in [1.807, 2.05) is 31.0 Å². The maximum atomic E-state index is 8.80. The number of aliphatic hydroxyl groups is 1. The van der Waals surface area contributed by atoms with Crippen LogP contribution in [0.25, 0.3) is 0 Å². The molecule has 0 spiro atoms. The Kier molecular flexibility index (Phi) is 5.54. The van der Waals surface area contributed by atoms with E-state index >= 15 is 0 Å². The zero-order valence-electron chi connectivity index (χ0n) is 12.4.